The minimum Gasteiger partial charge on any atom is -0.382 e. The van der Waals surface area contributed by atoms with Gasteiger partial charge in [-0.25, -0.2) is 18.3 Å². The Kier molecular flexibility index (Phi) is 7.18. The van der Waals surface area contributed by atoms with Crippen LogP contribution in [-0.4, -0.2) is 49.0 Å². The van der Waals surface area contributed by atoms with Gasteiger partial charge in [-0.15, -0.1) is 0 Å². The number of hydrogen-bond acceptors (Lipinski definition) is 6. The molecule has 0 bridgehead atoms. The van der Waals surface area contributed by atoms with Crippen molar-refractivity contribution in [2.45, 2.75) is 25.7 Å². The minimum absolute atomic E-state index is 0.0331. The van der Waals surface area contributed by atoms with Crippen LogP contribution in [0.2, 0.25) is 0 Å². The van der Waals surface area contributed by atoms with Crippen LogP contribution in [0.1, 0.15) is 41.7 Å². The number of pyridine rings is 1. The van der Waals surface area contributed by atoms with Crippen molar-refractivity contribution in [1.82, 2.24) is 24.1 Å². The minimum atomic E-state index is -0.722. The molecular weight excluding hydrogens is 556 g/mol. The summed E-state index contributed by atoms with van der Waals surface area (Å²) in [7, 11) is 0. The van der Waals surface area contributed by atoms with E-state index in [4.69, 9.17) is 5.73 Å². The van der Waals surface area contributed by atoms with E-state index in [1.807, 2.05) is 6.07 Å². The Morgan fingerprint density at radius 2 is 1.74 bits per heavy atom. The number of fused-ring (bicyclic) bond motifs is 1. The predicted octanol–water partition coefficient (Wildman–Crippen LogP) is 4.39. The second kappa shape index (κ2) is 11.1. The highest BCUT2D eigenvalue weighted by Gasteiger charge is 2.27. The molecule has 4 heterocycles. The number of nitrogens with one attached hydrogen (secondary N) is 1. The molecule has 0 atom stereocenters. The number of amides is 2. The highest BCUT2D eigenvalue weighted by atomic mass is 19.1. The molecule has 3 aromatic heterocycles. The molecule has 6 rings (SSSR count). The molecule has 10 nitrogen and oxygen atoms in total. The average Bonchev–Trinajstić information content (AvgIpc) is 3.38. The lowest BCUT2D eigenvalue weighted by Crippen LogP contribution is -2.36. The molecule has 43 heavy (non-hydrogen) atoms. The number of nitrogens with zero attached hydrogens (tertiary/aromatic N) is 5. The number of halogens is 2. The zero-order valence-corrected chi connectivity index (χ0v) is 23.1. The van der Waals surface area contributed by atoms with Gasteiger partial charge in [0, 0.05) is 60.3 Å². The van der Waals surface area contributed by atoms with Crippen molar-refractivity contribution < 1.29 is 18.4 Å². The quantitative estimate of drug-likeness (QED) is 0.316. The summed E-state index contributed by atoms with van der Waals surface area (Å²) >= 11 is 0. The zero-order chi connectivity index (χ0) is 30.2. The molecule has 12 heteroatoms. The van der Waals surface area contributed by atoms with Gasteiger partial charge in [0.15, 0.2) is 5.82 Å². The number of nitrogen functional groups attached to an aromatic ring is 1. The molecule has 0 aliphatic carbocycles. The van der Waals surface area contributed by atoms with Crippen LogP contribution in [0.15, 0.2) is 78.0 Å². The number of benzene rings is 2. The van der Waals surface area contributed by atoms with Gasteiger partial charge >= 0.3 is 0 Å². The second-order valence-electron chi connectivity index (χ2n) is 10.4. The molecule has 2 amide bonds. The lowest BCUT2D eigenvalue weighted by Gasteiger charge is -2.31. The van der Waals surface area contributed by atoms with E-state index in [0.717, 1.165) is 18.5 Å². The third-order valence-electron chi connectivity index (χ3n) is 7.78. The van der Waals surface area contributed by atoms with Gasteiger partial charge in [-0.3, -0.25) is 19.0 Å². The van der Waals surface area contributed by atoms with Crippen molar-refractivity contribution in [2.75, 3.05) is 24.1 Å². The first-order chi connectivity index (χ1) is 20.7. The van der Waals surface area contributed by atoms with Gasteiger partial charge in [0.25, 0.3) is 11.5 Å². The van der Waals surface area contributed by atoms with E-state index in [1.165, 1.54) is 71.7 Å². The van der Waals surface area contributed by atoms with E-state index >= 15 is 4.39 Å². The fourth-order valence-corrected chi connectivity index (χ4v) is 5.56. The van der Waals surface area contributed by atoms with Crippen LogP contribution in [0.25, 0.3) is 22.3 Å². The summed E-state index contributed by atoms with van der Waals surface area (Å²) in [4.78, 5) is 43.8. The van der Waals surface area contributed by atoms with E-state index in [1.54, 1.807) is 16.3 Å². The standard InChI is InChI=1S/C31H27F2N7O3/c1-18(41)38-13-10-19(11-14-38)27-16-25(28-29(34)35-17-36-40(27)28)23-9-6-21(15-26(23)33)37-30(42)24-3-2-12-39(31(24)43)22-7-4-20(32)5-8-22/h2-9,12,15-17,19H,10-11,13-14H2,1H3,(H,37,42)(H2,34,35,36). The lowest BCUT2D eigenvalue weighted by atomic mass is 9.93. The lowest BCUT2D eigenvalue weighted by molar-refractivity contribution is -0.129. The average molecular weight is 584 g/mol. The molecule has 2 aromatic carbocycles. The summed E-state index contributed by atoms with van der Waals surface area (Å²) in [6, 6.07) is 14.3. The maximum absolute atomic E-state index is 15.7. The van der Waals surface area contributed by atoms with Crippen LogP contribution in [0, 0.1) is 11.6 Å². The molecule has 0 saturated carbocycles. The Bertz CT molecular complexity index is 1930. The van der Waals surface area contributed by atoms with Crippen molar-refractivity contribution in [1.29, 1.82) is 0 Å². The summed E-state index contributed by atoms with van der Waals surface area (Å²) in [6.07, 6.45) is 4.28. The van der Waals surface area contributed by atoms with Crippen molar-refractivity contribution in [3.8, 4) is 16.8 Å². The summed E-state index contributed by atoms with van der Waals surface area (Å²) < 4.78 is 31.9. The van der Waals surface area contributed by atoms with Crippen LogP contribution < -0.4 is 16.6 Å². The van der Waals surface area contributed by atoms with Gasteiger partial charge in [0.05, 0.1) is 0 Å². The molecule has 218 valence electrons. The number of nitrogens with two attached hydrogens (primary N) is 1. The number of anilines is 2. The molecule has 1 aliphatic rings. The molecule has 0 radical (unpaired) electrons. The van der Waals surface area contributed by atoms with Gasteiger partial charge in [-0.1, -0.05) is 0 Å². The molecule has 0 unspecified atom stereocenters. The topological polar surface area (TPSA) is 128 Å². The summed E-state index contributed by atoms with van der Waals surface area (Å²) in [5, 5.41) is 6.98. The third-order valence-corrected chi connectivity index (χ3v) is 7.78. The molecule has 1 fully saturated rings. The number of piperidine rings is 1. The van der Waals surface area contributed by atoms with Gasteiger partial charge in [-0.05, 0) is 73.5 Å². The first-order valence-electron chi connectivity index (χ1n) is 13.7. The highest BCUT2D eigenvalue weighted by Crippen LogP contribution is 2.38. The molecular formula is C31H27F2N7O3. The van der Waals surface area contributed by atoms with Gasteiger partial charge < -0.3 is 16.0 Å². The fraction of sp³-hybridized carbons (Fsp3) is 0.194. The van der Waals surface area contributed by atoms with Crippen LogP contribution in [-0.2, 0) is 4.79 Å². The normalized spacial score (nSPS) is 13.8. The summed E-state index contributed by atoms with van der Waals surface area (Å²) in [5.74, 6) is -1.49. The first-order valence-corrected chi connectivity index (χ1v) is 13.7. The van der Waals surface area contributed by atoms with Crippen LogP contribution in [0.3, 0.4) is 0 Å². The Hall–Kier alpha value is -5.39. The molecule has 5 aromatic rings. The van der Waals surface area contributed by atoms with Crippen molar-refractivity contribution in [3.63, 3.8) is 0 Å². The maximum Gasteiger partial charge on any atom is 0.267 e. The third kappa shape index (κ3) is 5.23. The Labute approximate surface area is 244 Å². The fourth-order valence-electron chi connectivity index (χ4n) is 5.56. The predicted molar refractivity (Wildman–Crippen MR) is 157 cm³/mol. The van der Waals surface area contributed by atoms with Gasteiger partial charge in [0.2, 0.25) is 5.91 Å². The molecule has 1 saturated heterocycles. The Morgan fingerprint density at radius 3 is 2.44 bits per heavy atom. The molecule has 3 N–H and O–H groups in total. The van der Waals surface area contributed by atoms with Crippen molar-refractivity contribution >= 4 is 28.8 Å². The smallest absolute Gasteiger partial charge is 0.267 e. The number of carbonyl (C=O) groups is 2. The van der Waals surface area contributed by atoms with Crippen molar-refractivity contribution in [3.05, 3.63) is 106 Å². The maximum atomic E-state index is 15.7. The monoisotopic (exact) mass is 583 g/mol. The van der Waals surface area contributed by atoms with E-state index in [2.05, 4.69) is 15.4 Å². The summed E-state index contributed by atoms with van der Waals surface area (Å²) in [5.41, 5.74) is 8.05. The van der Waals surface area contributed by atoms with E-state index in [9.17, 15) is 18.8 Å². The van der Waals surface area contributed by atoms with Crippen LogP contribution >= 0.6 is 0 Å². The number of hydrogen-bond donors (Lipinski definition) is 2. The van der Waals surface area contributed by atoms with E-state index in [0.29, 0.717) is 29.9 Å². The number of carbonyl (C=O) groups excluding carboxylic acids is 2. The van der Waals surface area contributed by atoms with Crippen molar-refractivity contribution in [2.24, 2.45) is 0 Å². The zero-order valence-electron chi connectivity index (χ0n) is 23.1. The van der Waals surface area contributed by atoms with Crippen LogP contribution in [0.5, 0.6) is 0 Å². The highest BCUT2D eigenvalue weighted by molar-refractivity contribution is 6.04. The number of rotatable bonds is 5. The largest absolute Gasteiger partial charge is 0.382 e. The van der Waals surface area contributed by atoms with Gasteiger partial charge in [0.1, 0.15) is 29.0 Å². The van der Waals surface area contributed by atoms with E-state index < -0.39 is 23.1 Å². The van der Waals surface area contributed by atoms with Gasteiger partial charge in [-0.2, -0.15) is 5.10 Å². The summed E-state index contributed by atoms with van der Waals surface area (Å²) in [6.45, 7) is 2.78. The number of likely N-dealkylation sites (tertiary alicyclic amines) is 1. The molecule has 1 aliphatic heterocycles. The SMILES string of the molecule is CC(=O)N1CCC(c2cc(-c3ccc(NC(=O)c4cccn(-c5ccc(F)cc5)c4=O)cc3F)c3c(N)ncnn23)CC1. The number of aromatic nitrogens is 4. The second-order valence-corrected chi connectivity index (χ2v) is 10.4. The molecule has 0 spiro atoms. The Balaban J connectivity index is 1.29. The Morgan fingerprint density at radius 1 is 1.00 bits per heavy atom. The van der Waals surface area contributed by atoms with E-state index in [-0.39, 0.29) is 34.5 Å². The first kappa shape index (κ1) is 27.8. The van der Waals surface area contributed by atoms with Crippen LogP contribution in [0.4, 0.5) is 20.3 Å².